The highest BCUT2D eigenvalue weighted by molar-refractivity contribution is 9.13. The molecule has 0 unspecified atom stereocenters. The van der Waals surface area contributed by atoms with E-state index in [4.69, 9.17) is 18.9 Å². The zero-order valence-electron chi connectivity index (χ0n) is 21.9. The van der Waals surface area contributed by atoms with Crippen LogP contribution in [0.1, 0.15) is 31.8 Å². The van der Waals surface area contributed by atoms with Crippen LogP contribution >= 0.6 is 95.6 Å². The third-order valence-electron chi connectivity index (χ3n) is 5.64. The summed E-state index contributed by atoms with van der Waals surface area (Å²) >= 11 is 19.8. The number of carbonyl (C=O) groups is 4. The molecule has 0 aromatic heterocycles. The molecular weight excluding hydrogens is 968 g/mol. The highest BCUT2D eigenvalue weighted by Gasteiger charge is 2.31. The van der Waals surface area contributed by atoms with E-state index in [1.165, 1.54) is 12.1 Å². The first-order valence-electron chi connectivity index (χ1n) is 12.2. The highest BCUT2D eigenvalue weighted by Crippen LogP contribution is 2.42. The Morgan fingerprint density at radius 2 is 0.841 bits per heavy atom. The first-order chi connectivity index (χ1) is 21.0. The van der Waals surface area contributed by atoms with Crippen LogP contribution in [0.3, 0.4) is 0 Å². The molecule has 0 aliphatic rings. The first kappa shape index (κ1) is 34.5. The summed E-state index contributed by atoms with van der Waals surface area (Å²) in [6.45, 7) is -0.109. The van der Waals surface area contributed by atoms with Gasteiger partial charge in [-0.25, -0.2) is 19.2 Å². The third-order valence-corrected chi connectivity index (χ3v) is 10.8. The van der Waals surface area contributed by atoms with Gasteiger partial charge < -0.3 is 18.9 Å². The molecule has 4 aromatic carbocycles. The van der Waals surface area contributed by atoms with E-state index in [0.717, 1.165) is 11.1 Å². The molecule has 0 spiro atoms. The minimum Gasteiger partial charge on any atom is -0.457 e. The summed E-state index contributed by atoms with van der Waals surface area (Å²) < 4.78 is 23.2. The van der Waals surface area contributed by atoms with Gasteiger partial charge in [-0.3, -0.25) is 0 Å². The van der Waals surface area contributed by atoms with Crippen molar-refractivity contribution in [1.82, 2.24) is 0 Å². The third kappa shape index (κ3) is 8.46. The second-order valence-corrected chi connectivity index (χ2v) is 13.6. The van der Waals surface area contributed by atoms with Crippen LogP contribution in [0.25, 0.3) is 0 Å². The van der Waals surface area contributed by atoms with E-state index in [-0.39, 0.29) is 53.7 Å². The Balaban J connectivity index is 1.57. The van der Waals surface area contributed by atoms with E-state index >= 15 is 0 Å². The van der Waals surface area contributed by atoms with Gasteiger partial charge in [-0.1, -0.05) is 60.7 Å². The molecule has 0 saturated carbocycles. The lowest BCUT2D eigenvalue weighted by Crippen LogP contribution is -2.27. The molecule has 0 aliphatic heterocycles. The molecule has 226 valence electrons. The number of rotatable bonds is 8. The van der Waals surface area contributed by atoms with Crippen LogP contribution in [0.5, 0.6) is 11.5 Å². The first-order valence-corrected chi connectivity index (χ1v) is 16.9. The Hall–Kier alpha value is -2.36. The molecule has 0 saturated heterocycles. The van der Waals surface area contributed by atoms with Crippen molar-refractivity contribution in [2.24, 2.45) is 0 Å². The topological polar surface area (TPSA) is 105 Å². The summed E-state index contributed by atoms with van der Waals surface area (Å²) in [4.78, 5) is 52.3. The predicted octanol–water partition coefficient (Wildman–Crippen LogP) is 9.49. The number of carbonyl (C=O) groups excluding carboxylic acids is 4. The minimum atomic E-state index is -1.48. The van der Waals surface area contributed by atoms with E-state index in [1.54, 1.807) is 48.5 Å². The van der Waals surface area contributed by atoms with Gasteiger partial charge in [0.25, 0.3) is 0 Å². The molecular formula is C30H16Br6O8. The number of hydrogen-bond donors (Lipinski definition) is 0. The molecule has 0 N–H and O–H groups in total. The summed E-state index contributed by atoms with van der Waals surface area (Å²) in [5.74, 6) is -5.21. The maximum atomic E-state index is 13.1. The van der Waals surface area contributed by atoms with Crippen molar-refractivity contribution in [3.05, 3.63) is 122 Å². The number of benzene rings is 4. The predicted molar refractivity (Wildman–Crippen MR) is 181 cm³/mol. The normalized spacial score (nSPS) is 10.6. The summed E-state index contributed by atoms with van der Waals surface area (Å²) in [6, 6.07) is 21.0. The quantitative estimate of drug-likeness (QED) is 0.0745. The monoisotopic (exact) mass is 978 g/mol. The van der Waals surface area contributed by atoms with E-state index in [0.29, 0.717) is 8.95 Å². The smallest absolute Gasteiger partial charge is 0.423 e. The molecule has 0 fully saturated rings. The maximum Gasteiger partial charge on any atom is 0.423 e. The average Bonchev–Trinajstić information content (AvgIpc) is 3.01. The van der Waals surface area contributed by atoms with Crippen molar-refractivity contribution in [1.29, 1.82) is 0 Å². The van der Waals surface area contributed by atoms with Crippen molar-refractivity contribution >= 4 is 119 Å². The van der Waals surface area contributed by atoms with Gasteiger partial charge in [0, 0.05) is 8.95 Å². The molecule has 8 nitrogen and oxygen atoms in total. The Morgan fingerprint density at radius 1 is 0.500 bits per heavy atom. The van der Waals surface area contributed by atoms with Crippen molar-refractivity contribution in [3.63, 3.8) is 0 Å². The van der Waals surface area contributed by atoms with Crippen LogP contribution in [0.15, 0.2) is 99.6 Å². The van der Waals surface area contributed by atoms with Gasteiger partial charge in [0.2, 0.25) is 0 Å². The molecule has 0 amide bonds. The highest BCUT2D eigenvalue weighted by atomic mass is 79.9. The Morgan fingerprint density at radius 3 is 1.18 bits per heavy atom. The van der Waals surface area contributed by atoms with Gasteiger partial charge in [0.15, 0.2) is 11.5 Å². The van der Waals surface area contributed by atoms with Crippen molar-refractivity contribution < 1.29 is 38.1 Å². The van der Waals surface area contributed by atoms with Crippen molar-refractivity contribution in [3.8, 4) is 11.5 Å². The second-order valence-electron chi connectivity index (χ2n) is 8.62. The number of ether oxygens (including phenoxy) is 4. The minimum absolute atomic E-state index is 0.0543. The Kier molecular flexibility index (Phi) is 12.4. The lowest BCUT2D eigenvalue weighted by molar-refractivity contribution is -0.156. The number of halogens is 6. The molecule has 14 heteroatoms. The van der Waals surface area contributed by atoms with E-state index in [9.17, 15) is 19.2 Å². The summed E-state index contributed by atoms with van der Waals surface area (Å²) in [6.07, 6.45) is 0. The van der Waals surface area contributed by atoms with E-state index < -0.39 is 23.9 Å². The number of esters is 4. The number of hydrogen-bond acceptors (Lipinski definition) is 8. The van der Waals surface area contributed by atoms with Gasteiger partial charge >= 0.3 is 23.9 Å². The van der Waals surface area contributed by atoms with Crippen LogP contribution in [0.2, 0.25) is 0 Å². The fraction of sp³-hybridized carbons (Fsp3) is 0.0667. The van der Waals surface area contributed by atoms with E-state index in [2.05, 4.69) is 95.6 Å². The lowest BCUT2D eigenvalue weighted by Gasteiger charge is -2.16. The zero-order valence-corrected chi connectivity index (χ0v) is 31.4. The van der Waals surface area contributed by atoms with Gasteiger partial charge in [0.05, 0.1) is 17.9 Å². The molecule has 0 heterocycles. The van der Waals surface area contributed by atoms with Crippen LogP contribution < -0.4 is 9.47 Å². The van der Waals surface area contributed by atoms with Gasteiger partial charge in [-0.15, -0.1) is 0 Å². The van der Waals surface area contributed by atoms with Crippen LogP contribution in [-0.2, 0) is 32.3 Å². The van der Waals surface area contributed by atoms with E-state index in [1.807, 2.05) is 12.1 Å². The fourth-order valence-electron chi connectivity index (χ4n) is 3.58. The fourth-order valence-corrected chi connectivity index (χ4v) is 6.98. The molecule has 0 atom stereocenters. The summed E-state index contributed by atoms with van der Waals surface area (Å²) in [5, 5.41) is 0. The van der Waals surface area contributed by atoms with Crippen molar-refractivity contribution in [2.45, 2.75) is 13.2 Å². The standard InChI is InChI=1S/C30H16Br6O8/c31-17-11-19(33)25(21(23(17)35)27(37)41-13-15-7-3-1-4-8-15)43-29(39)30(40)44-26-20(34)12-18(32)24(36)22(26)28(38)42-14-16-9-5-2-6-10-16/h1-12H,13-14H2. The Bertz CT molecular complexity index is 1620. The summed E-state index contributed by atoms with van der Waals surface area (Å²) in [5.41, 5.74) is 1.14. The molecule has 0 aliphatic carbocycles. The lowest BCUT2D eigenvalue weighted by atomic mass is 10.2. The molecule has 0 radical (unpaired) electrons. The second kappa shape index (κ2) is 15.8. The molecule has 44 heavy (non-hydrogen) atoms. The molecule has 4 aromatic rings. The van der Waals surface area contributed by atoms with Crippen LogP contribution in [-0.4, -0.2) is 23.9 Å². The Labute approximate surface area is 301 Å². The van der Waals surface area contributed by atoms with Gasteiger partial charge in [0.1, 0.15) is 24.3 Å². The maximum absolute atomic E-state index is 13.1. The molecule has 0 bridgehead atoms. The van der Waals surface area contributed by atoms with Crippen LogP contribution in [0.4, 0.5) is 0 Å². The summed E-state index contributed by atoms with van der Waals surface area (Å²) in [7, 11) is 0. The van der Waals surface area contributed by atoms with Crippen molar-refractivity contribution in [2.75, 3.05) is 0 Å². The zero-order chi connectivity index (χ0) is 32.0. The van der Waals surface area contributed by atoms with Gasteiger partial charge in [-0.2, -0.15) is 0 Å². The van der Waals surface area contributed by atoms with Gasteiger partial charge in [-0.05, 0) is 119 Å². The van der Waals surface area contributed by atoms with Crippen LogP contribution in [0, 0.1) is 0 Å². The molecule has 4 rings (SSSR count). The SMILES string of the molecule is O=C(Oc1c(Br)cc(Br)c(Br)c1C(=O)OCc1ccccc1)C(=O)Oc1c(Br)cc(Br)c(Br)c1C(=O)OCc1ccccc1. The average molecular weight is 984 g/mol. The largest absolute Gasteiger partial charge is 0.457 e.